The Labute approximate surface area is 136 Å². The minimum Gasteiger partial charge on any atom is -0.249 e. The number of hydrogen-bond acceptors (Lipinski definition) is 5. The summed E-state index contributed by atoms with van der Waals surface area (Å²) in [5.74, 6) is 0.393. The van der Waals surface area contributed by atoms with Crippen molar-refractivity contribution in [3.63, 3.8) is 0 Å². The summed E-state index contributed by atoms with van der Waals surface area (Å²) >= 11 is 4.75. The van der Waals surface area contributed by atoms with Crippen LogP contribution in [-0.2, 0) is 9.84 Å². The van der Waals surface area contributed by atoms with Crippen molar-refractivity contribution in [2.24, 2.45) is 0 Å². The van der Waals surface area contributed by atoms with Crippen molar-refractivity contribution in [3.05, 3.63) is 52.6 Å². The lowest BCUT2D eigenvalue weighted by Crippen LogP contribution is -2.09. The third-order valence-corrected chi connectivity index (χ3v) is 6.52. The number of nitrogens with zero attached hydrogens (tertiary/aromatic N) is 2. The van der Waals surface area contributed by atoms with Gasteiger partial charge >= 0.3 is 0 Å². The Morgan fingerprint density at radius 3 is 2.81 bits per heavy atom. The minimum absolute atomic E-state index is 0.00440. The van der Waals surface area contributed by atoms with Gasteiger partial charge in [0.1, 0.15) is 5.03 Å². The Balaban J connectivity index is 2.05. The number of nitriles is 1. The van der Waals surface area contributed by atoms with Gasteiger partial charge in [0.05, 0.1) is 22.3 Å². The Hall–Kier alpha value is -1.36. The fourth-order valence-electron chi connectivity index (χ4n) is 1.60. The highest BCUT2D eigenvalue weighted by atomic mass is 79.9. The number of halogens is 1. The van der Waals surface area contributed by atoms with E-state index in [1.54, 1.807) is 24.4 Å². The Kier molecular flexibility index (Phi) is 5.39. The topological polar surface area (TPSA) is 70.8 Å². The molecular formula is C14H11BrN2O2S2. The van der Waals surface area contributed by atoms with Crippen LogP contribution in [0.3, 0.4) is 0 Å². The van der Waals surface area contributed by atoms with E-state index in [1.165, 1.54) is 23.9 Å². The normalized spacial score (nSPS) is 11.0. The molecule has 0 bridgehead atoms. The minimum atomic E-state index is -3.39. The highest BCUT2D eigenvalue weighted by Gasteiger charge is 2.15. The zero-order chi connectivity index (χ0) is 15.3. The molecule has 0 aliphatic heterocycles. The van der Waals surface area contributed by atoms with Crippen LogP contribution < -0.4 is 0 Å². The summed E-state index contributed by atoms with van der Waals surface area (Å²) in [5, 5.41) is 9.58. The van der Waals surface area contributed by atoms with Gasteiger partial charge < -0.3 is 0 Å². The highest BCUT2D eigenvalue weighted by molar-refractivity contribution is 9.10. The van der Waals surface area contributed by atoms with Crippen molar-refractivity contribution in [3.8, 4) is 6.07 Å². The van der Waals surface area contributed by atoms with Gasteiger partial charge in [-0.15, -0.1) is 11.8 Å². The predicted molar refractivity (Wildman–Crippen MR) is 85.9 cm³/mol. The molecule has 0 saturated heterocycles. The maximum atomic E-state index is 12.2. The Bertz CT molecular complexity index is 786. The molecule has 1 aromatic heterocycles. The van der Waals surface area contributed by atoms with E-state index in [2.05, 4.69) is 20.9 Å². The van der Waals surface area contributed by atoms with Crippen LogP contribution in [0.5, 0.6) is 0 Å². The van der Waals surface area contributed by atoms with Crippen LogP contribution in [0.15, 0.2) is 57.0 Å². The van der Waals surface area contributed by atoms with Crippen molar-refractivity contribution in [1.82, 2.24) is 4.98 Å². The van der Waals surface area contributed by atoms with Gasteiger partial charge in [0.15, 0.2) is 9.84 Å². The van der Waals surface area contributed by atoms with E-state index >= 15 is 0 Å². The smallest absolute Gasteiger partial charge is 0.179 e. The Morgan fingerprint density at radius 1 is 1.29 bits per heavy atom. The van der Waals surface area contributed by atoms with E-state index < -0.39 is 9.84 Å². The maximum Gasteiger partial charge on any atom is 0.179 e. The van der Waals surface area contributed by atoms with Crippen molar-refractivity contribution in [1.29, 1.82) is 5.26 Å². The number of rotatable bonds is 5. The summed E-state index contributed by atoms with van der Waals surface area (Å²) in [6.45, 7) is 0. The molecule has 21 heavy (non-hydrogen) atoms. The average Bonchev–Trinajstić information content (AvgIpc) is 2.49. The number of thioether (sulfide) groups is 1. The lowest BCUT2D eigenvalue weighted by Gasteiger charge is -2.05. The van der Waals surface area contributed by atoms with Gasteiger partial charge in [0.25, 0.3) is 0 Å². The van der Waals surface area contributed by atoms with Crippen LogP contribution in [0.4, 0.5) is 0 Å². The second-order valence-electron chi connectivity index (χ2n) is 4.10. The van der Waals surface area contributed by atoms with Gasteiger partial charge in [-0.3, -0.25) is 0 Å². The van der Waals surface area contributed by atoms with E-state index in [-0.39, 0.29) is 10.6 Å². The van der Waals surface area contributed by atoms with Crippen LogP contribution in [-0.4, -0.2) is 24.9 Å². The van der Waals surface area contributed by atoms with E-state index in [4.69, 9.17) is 5.26 Å². The molecule has 0 unspecified atom stereocenters. The van der Waals surface area contributed by atoms with Crippen LogP contribution in [0.25, 0.3) is 0 Å². The second-order valence-corrected chi connectivity index (χ2v) is 8.14. The van der Waals surface area contributed by atoms with Crippen molar-refractivity contribution >= 4 is 37.5 Å². The first-order chi connectivity index (χ1) is 10.0. The van der Waals surface area contributed by atoms with Crippen LogP contribution in [0.2, 0.25) is 0 Å². The predicted octanol–water partition coefficient (Wildman–Crippen LogP) is 3.28. The molecule has 0 amide bonds. The molecule has 2 rings (SSSR count). The molecule has 7 heteroatoms. The highest BCUT2D eigenvalue weighted by Crippen LogP contribution is 2.25. The van der Waals surface area contributed by atoms with Crippen LogP contribution >= 0.6 is 27.7 Å². The number of pyridine rings is 1. The molecule has 0 saturated carbocycles. The third-order valence-electron chi connectivity index (χ3n) is 2.64. The molecule has 0 fully saturated rings. The molecule has 0 radical (unpaired) electrons. The molecular weight excluding hydrogens is 372 g/mol. The van der Waals surface area contributed by atoms with Gasteiger partial charge in [-0.05, 0) is 46.3 Å². The molecule has 0 N–H and O–H groups in total. The fraction of sp³-hybridized carbons (Fsp3) is 0.143. The van der Waals surface area contributed by atoms with E-state index in [0.717, 1.165) is 9.50 Å². The molecule has 0 spiro atoms. The molecule has 2 aromatic rings. The first kappa shape index (κ1) is 16.0. The maximum absolute atomic E-state index is 12.2. The van der Waals surface area contributed by atoms with Gasteiger partial charge in [-0.2, -0.15) is 5.26 Å². The summed E-state index contributed by atoms with van der Waals surface area (Å²) in [4.78, 5) is 4.36. The van der Waals surface area contributed by atoms with Crippen molar-refractivity contribution < 1.29 is 8.42 Å². The summed E-state index contributed by atoms with van der Waals surface area (Å²) in [7, 11) is -3.39. The zero-order valence-electron chi connectivity index (χ0n) is 10.9. The van der Waals surface area contributed by atoms with Gasteiger partial charge in [0, 0.05) is 16.4 Å². The molecule has 0 atom stereocenters. The summed E-state index contributed by atoms with van der Waals surface area (Å²) < 4.78 is 25.3. The van der Waals surface area contributed by atoms with Crippen molar-refractivity contribution in [2.75, 3.05) is 11.5 Å². The largest absolute Gasteiger partial charge is 0.249 e. The summed E-state index contributed by atoms with van der Waals surface area (Å²) in [6, 6.07) is 11.7. The molecule has 1 heterocycles. The molecule has 108 valence electrons. The van der Waals surface area contributed by atoms with Gasteiger partial charge in [-0.1, -0.05) is 6.07 Å². The van der Waals surface area contributed by atoms with Gasteiger partial charge in [0.2, 0.25) is 0 Å². The average molecular weight is 383 g/mol. The first-order valence-corrected chi connectivity index (χ1v) is 9.42. The first-order valence-electron chi connectivity index (χ1n) is 5.99. The number of hydrogen-bond donors (Lipinski definition) is 0. The Morgan fingerprint density at radius 2 is 2.10 bits per heavy atom. The van der Waals surface area contributed by atoms with Crippen molar-refractivity contribution in [2.45, 2.75) is 9.92 Å². The van der Waals surface area contributed by atoms with E-state index in [0.29, 0.717) is 11.3 Å². The number of benzene rings is 1. The fourth-order valence-corrected chi connectivity index (χ4v) is 4.77. The molecule has 0 aliphatic rings. The molecule has 0 aliphatic carbocycles. The lowest BCUT2D eigenvalue weighted by molar-refractivity contribution is 0.597. The SMILES string of the molecule is N#Cc1cccc(S(=O)(=O)CCSc2ncccc2Br)c1. The molecule has 4 nitrogen and oxygen atoms in total. The van der Waals surface area contributed by atoms with E-state index in [1.807, 2.05) is 12.1 Å². The van der Waals surface area contributed by atoms with Crippen LogP contribution in [0, 0.1) is 11.3 Å². The van der Waals surface area contributed by atoms with Gasteiger partial charge in [-0.25, -0.2) is 13.4 Å². The number of aromatic nitrogens is 1. The summed E-state index contributed by atoms with van der Waals surface area (Å²) in [6.07, 6.45) is 1.66. The quantitative estimate of drug-likeness (QED) is 0.741. The zero-order valence-corrected chi connectivity index (χ0v) is 14.1. The van der Waals surface area contributed by atoms with E-state index in [9.17, 15) is 8.42 Å². The standard InChI is InChI=1S/C14H11BrN2O2S2/c15-13-5-2-6-17-14(13)20-7-8-21(18,19)12-4-1-3-11(9-12)10-16/h1-6,9H,7-8H2. The molecule has 1 aromatic carbocycles. The number of sulfone groups is 1. The monoisotopic (exact) mass is 382 g/mol. The summed E-state index contributed by atoms with van der Waals surface area (Å²) in [5.41, 5.74) is 0.344. The second kappa shape index (κ2) is 7.07. The third kappa shape index (κ3) is 4.30. The van der Waals surface area contributed by atoms with Crippen LogP contribution in [0.1, 0.15) is 5.56 Å². The lowest BCUT2D eigenvalue weighted by atomic mass is 10.2.